The molecule has 7 heteroatoms. The molecule has 0 fully saturated rings. The number of carboxylic acids is 1. The van der Waals surface area contributed by atoms with Crippen LogP contribution in [0.4, 0.5) is 0 Å². The van der Waals surface area contributed by atoms with Gasteiger partial charge in [0.2, 0.25) is 5.91 Å². The molecule has 0 unspecified atom stereocenters. The molecule has 1 aromatic heterocycles. The SMILES string of the molecule is CCN(C(=O)CN(C)C(=O)c1ccco1)C(C)(C)C(=O)O. The Hall–Kier alpha value is -2.31. The Morgan fingerprint density at radius 1 is 1.33 bits per heavy atom. The van der Waals surface area contributed by atoms with Crippen LogP contribution in [0.3, 0.4) is 0 Å². The first-order valence-electron chi connectivity index (χ1n) is 6.54. The maximum Gasteiger partial charge on any atom is 0.329 e. The molecule has 1 aromatic rings. The van der Waals surface area contributed by atoms with Crippen molar-refractivity contribution in [3.8, 4) is 0 Å². The Bertz CT molecular complexity index is 521. The van der Waals surface area contributed by atoms with Crippen LogP contribution >= 0.6 is 0 Å². The van der Waals surface area contributed by atoms with Gasteiger partial charge in [-0.25, -0.2) is 4.79 Å². The predicted molar refractivity (Wildman–Crippen MR) is 74.8 cm³/mol. The molecule has 0 aliphatic rings. The van der Waals surface area contributed by atoms with Crippen LogP contribution in [-0.4, -0.2) is 58.4 Å². The number of furan rings is 1. The first-order valence-corrected chi connectivity index (χ1v) is 6.54. The third-order valence-electron chi connectivity index (χ3n) is 3.27. The molecule has 116 valence electrons. The van der Waals surface area contributed by atoms with Crippen molar-refractivity contribution in [1.29, 1.82) is 0 Å². The lowest BCUT2D eigenvalue weighted by Gasteiger charge is -2.35. The highest BCUT2D eigenvalue weighted by Crippen LogP contribution is 2.15. The highest BCUT2D eigenvalue weighted by atomic mass is 16.4. The first-order chi connectivity index (χ1) is 9.71. The van der Waals surface area contributed by atoms with Crippen LogP contribution in [0.1, 0.15) is 31.3 Å². The van der Waals surface area contributed by atoms with E-state index in [-0.39, 0.29) is 18.8 Å². The predicted octanol–water partition coefficient (Wildman–Crippen LogP) is 1.06. The van der Waals surface area contributed by atoms with Crippen molar-refractivity contribution in [2.24, 2.45) is 0 Å². The van der Waals surface area contributed by atoms with Crippen molar-refractivity contribution in [2.45, 2.75) is 26.3 Å². The van der Waals surface area contributed by atoms with Gasteiger partial charge in [0.1, 0.15) is 5.54 Å². The average molecular weight is 296 g/mol. The van der Waals surface area contributed by atoms with Crippen LogP contribution in [0, 0.1) is 0 Å². The van der Waals surface area contributed by atoms with E-state index < -0.39 is 23.3 Å². The topological polar surface area (TPSA) is 91.1 Å². The van der Waals surface area contributed by atoms with E-state index in [0.29, 0.717) is 0 Å². The molecule has 1 N–H and O–H groups in total. The Balaban J connectivity index is 2.79. The van der Waals surface area contributed by atoms with Crippen molar-refractivity contribution < 1.29 is 23.9 Å². The largest absolute Gasteiger partial charge is 0.480 e. The molecule has 0 saturated carbocycles. The zero-order chi connectivity index (χ0) is 16.2. The maximum absolute atomic E-state index is 12.2. The maximum atomic E-state index is 12.2. The fourth-order valence-corrected chi connectivity index (χ4v) is 1.95. The lowest BCUT2D eigenvalue weighted by molar-refractivity contribution is -0.156. The zero-order valence-corrected chi connectivity index (χ0v) is 12.6. The van der Waals surface area contributed by atoms with Gasteiger partial charge in [0, 0.05) is 13.6 Å². The molecular formula is C14H20N2O5. The van der Waals surface area contributed by atoms with Gasteiger partial charge in [-0.2, -0.15) is 0 Å². The minimum atomic E-state index is -1.33. The fraction of sp³-hybridized carbons (Fsp3) is 0.500. The zero-order valence-electron chi connectivity index (χ0n) is 12.6. The van der Waals surface area contributed by atoms with Gasteiger partial charge >= 0.3 is 5.97 Å². The lowest BCUT2D eigenvalue weighted by Crippen LogP contribution is -2.55. The second kappa shape index (κ2) is 6.43. The van der Waals surface area contributed by atoms with Crippen LogP contribution in [0.25, 0.3) is 0 Å². The molecule has 1 heterocycles. The van der Waals surface area contributed by atoms with E-state index in [2.05, 4.69) is 0 Å². The summed E-state index contributed by atoms with van der Waals surface area (Å²) in [5.74, 6) is -1.84. The molecule has 0 spiro atoms. The monoisotopic (exact) mass is 296 g/mol. The van der Waals surface area contributed by atoms with E-state index in [9.17, 15) is 19.5 Å². The molecule has 21 heavy (non-hydrogen) atoms. The molecule has 1 rings (SSSR count). The number of rotatable bonds is 6. The number of amides is 2. The number of aliphatic carboxylic acids is 1. The van der Waals surface area contributed by atoms with Gasteiger partial charge in [-0.05, 0) is 32.9 Å². The smallest absolute Gasteiger partial charge is 0.329 e. The number of nitrogens with zero attached hydrogens (tertiary/aromatic N) is 2. The molecule has 0 atom stereocenters. The molecule has 0 bridgehead atoms. The highest BCUT2D eigenvalue weighted by Gasteiger charge is 2.37. The number of hydrogen-bond donors (Lipinski definition) is 1. The van der Waals surface area contributed by atoms with Crippen LogP contribution in [0.15, 0.2) is 22.8 Å². The van der Waals surface area contributed by atoms with E-state index in [1.807, 2.05) is 0 Å². The standard InChI is InChI=1S/C14H20N2O5/c1-5-16(14(2,3)13(19)20)11(17)9-15(4)12(18)10-7-6-8-21-10/h6-8H,5,9H2,1-4H3,(H,19,20). The van der Waals surface area contributed by atoms with Gasteiger partial charge < -0.3 is 19.3 Å². The van der Waals surface area contributed by atoms with Crippen LogP contribution < -0.4 is 0 Å². The minimum Gasteiger partial charge on any atom is -0.480 e. The van der Waals surface area contributed by atoms with E-state index in [0.717, 1.165) is 0 Å². The highest BCUT2D eigenvalue weighted by molar-refractivity contribution is 5.95. The fourth-order valence-electron chi connectivity index (χ4n) is 1.95. The number of carbonyl (C=O) groups is 3. The molecule has 0 aromatic carbocycles. The summed E-state index contributed by atoms with van der Waals surface area (Å²) in [6, 6.07) is 3.08. The molecule has 0 radical (unpaired) electrons. The van der Waals surface area contributed by atoms with E-state index in [1.54, 1.807) is 13.0 Å². The van der Waals surface area contributed by atoms with E-state index in [1.165, 1.54) is 43.0 Å². The molecule has 0 aliphatic heterocycles. The average Bonchev–Trinajstić information content (AvgIpc) is 2.91. The third kappa shape index (κ3) is 3.62. The summed E-state index contributed by atoms with van der Waals surface area (Å²) in [4.78, 5) is 37.9. The van der Waals surface area contributed by atoms with Gasteiger partial charge in [-0.1, -0.05) is 0 Å². The lowest BCUT2D eigenvalue weighted by atomic mass is 10.0. The molecular weight excluding hydrogens is 276 g/mol. The van der Waals surface area contributed by atoms with E-state index in [4.69, 9.17) is 4.42 Å². The van der Waals surface area contributed by atoms with Crippen molar-refractivity contribution >= 4 is 17.8 Å². The number of hydrogen-bond acceptors (Lipinski definition) is 4. The summed E-state index contributed by atoms with van der Waals surface area (Å²) in [7, 11) is 1.46. The van der Waals surface area contributed by atoms with Crippen LogP contribution in [0.2, 0.25) is 0 Å². The van der Waals surface area contributed by atoms with Gasteiger partial charge in [0.05, 0.1) is 12.8 Å². The van der Waals surface area contributed by atoms with Gasteiger partial charge in [-0.15, -0.1) is 0 Å². The first kappa shape index (κ1) is 16.7. The molecule has 0 saturated heterocycles. The van der Waals surface area contributed by atoms with Gasteiger partial charge in [0.25, 0.3) is 5.91 Å². The summed E-state index contributed by atoms with van der Waals surface area (Å²) in [5.41, 5.74) is -1.33. The Labute approximate surface area is 123 Å². The van der Waals surface area contributed by atoms with E-state index >= 15 is 0 Å². The van der Waals surface area contributed by atoms with Crippen molar-refractivity contribution in [3.05, 3.63) is 24.2 Å². The van der Waals surface area contributed by atoms with Crippen LogP contribution in [0.5, 0.6) is 0 Å². The summed E-state index contributed by atoms with van der Waals surface area (Å²) in [6.45, 7) is 4.61. The Kier molecular flexibility index (Phi) is 5.12. The summed E-state index contributed by atoms with van der Waals surface area (Å²) < 4.78 is 4.98. The molecule has 0 aliphatic carbocycles. The number of carboxylic acid groups (broad SMARTS) is 1. The number of carbonyl (C=O) groups excluding carboxylic acids is 2. The summed E-state index contributed by atoms with van der Waals surface area (Å²) in [6.07, 6.45) is 1.37. The minimum absolute atomic E-state index is 0.130. The van der Waals surface area contributed by atoms with Crippen molar-refractivity contribution in [1.82, 2.24) is 9.80 Å². The molecule has 2 amide bonds. The normalized spacial score (nSPS) is 11.0. The van der Waals surface area contributed by atoms with Crippen molar-refractivity contribution in [2.75, 3.05) is 20.1 Å². The second-order valence-corrected chi connectivity index (χ2v) is 5.14. The summed E-state index contributed by atoms with van der Waals surface area (Å²) >= 11 is 0. The Morgan fingerprint density at radius 2 is 1.95 bits per heavy atom. The third-order valence-corrected chi connectivity index (χ3v) is 3.27. The summed E-state index contributed by atoms with van der Waals surface area (Å²) in [5, 5.41) is 9.20. The Morgan fingerprint density at radius 3 is 2.38 bits per heavy atom. The quantitative estimate of drug-likeness (QED) is 0.847. The van der Waals surface area contributed by atoms with Gasteiger partial charge in [-0.3, -0.25) is 9.59 Å². The van der Waals surface area contributed by atoms with Crippen molar-refractivity contribution in [3.63, 3.8) is 0 Å². The molecule has 7 nitrogen and oxygen atoms in total. The number of likely N-dealkylation sites (N-methyl/N-ethyl adjacent to an activating group) is 2. The van der Waals surface area contributed by atoms with Gasteiger partial charge in [0.15, 0.2) is 5.76 Å². The second-order valence-electron chi connectivity index (χ2n) is 5.14. The van der Waals surface area contributed by atoms with Crippen LogP contribution in [-0.2, 0) is 9.59 Å².